The number of hydrogen-bond acceptors (Lipinski definition) is 4. The van der Waals surface area contributed by atoms with Gasteiger partial charge < -0.3 is 5.32 Å². The minimum Gasteiger partial charge on any atom is -0.308 e. The topological polar surface area (TPSA) is 80.1 Å². The lowest BCUT2D eigenvalue weighted by Crippen LogP contribution is -2.21. The van der Waals surface area contributed by atoms with Crippen molar-refractivity contribution in [1.29, 1.82) is 0 Å². The molecule has 3 rings (SSSR count). The number of anilines is 1. The molecule has 0 unspecified atom stereocenters. The zero-order valence-corrected chi connectivity index (χ0v) is 12.3. The van der Waals surface area contributed by atoms with Gasteiger partial charge in [0, 0.05) is 24.7 Å². The summed E-state index contributed by atoms with van der Waals surface area (Å²) in [4.78, 5) is 12.2. The van der Waals surface area contributed by atoms with Crippen LogP contribution in [0.4, 0.5) is 5.82 Å². The lowest BCUT2D eigenvalue weighted by Gasteiger charge is -2.04. The van der Waals surface area contributed by atoms with Gasteiger partial charge in [-0.25, -0.2) is 4.98 Å². The molecule has 0 atom stereocenters. The molecule has 1 aliphatic rings. The third-order valence-corrected chi connectivity index (χ3v) is 3.80. The molecule has 21 heavy (non-hydrogen) atoms. The molecule has 0 saturated heterocycles. The lowest BCUT2D eigenvalue weighted by molar-refractivity contribution is -0.370. The largest absolute Gasteiger partial charge is 0.308 e. The normalized spacial score (nSPS) is 14.1. The van der Waals surface area contributed by atoms with E-state index in [0.29, 0.717) is 5.70 Å². The third-order valence-electron chi connectivity index (χ3n) is 3.80. The van der Waals surface area contributed by atoms with Crippen molar-refractivity contribution in [2.45, 2.75) is 26.2 Å². The van der Waals surface area contributed by atoms with E-state index in [4.69, 9.17) is 4.98 Å². The molecule has 2 aromatic rings. The summed E-state index contributed by atoms with van der Waals surface area (Å²) in [5.74, 6) is 1.75. The van der Waals surface area contributed by atoms with Gasteiger partial charge in [-0.2, -0.15) is 5.10 Å². The first-order valence-corrected chi connectivity index (χ1v) is 7.04. The zero-order chi connectivity index (χ0) is 14.8. The summed E-state index contributed by atoms with van der Waals surface area (Å²) < 4.78 is 0. The Kier molecular flexibility index (Phi) is 3.51. The molecule has 6 heteroatoms. The Morgan fingerprint density at radius 1 is 1.52 bits per heavy atom. The SMILES string of the molecule is C=N/C(=C\c1cn[nH]c1C)c1nc2c(c(NC)[nH+]1)CCC2. The fourth-order valence-corrected chi connectivity index (χ4v) is 2.65. The van der Waals surface area contributed by atoms with E-state index in [-0.39, 0.29) is 0 Å². The number of rotatable bonds is 4. The lowest BCUT2D eigenvalue weighted by atomic mass is 10.2. The molecule has 0 saturated carbocycles. The summed E-state index contributed by atoms with van der Waals surface area (Å²) in [7, 11) is 1.92. The van der Waals surface area contributed by atoms with Crippen molar-refractivity contribution in [3.05, 3.63) is 34.5 Å². The predicted octanol–water partition coefficient (Wildman–Crippen LogP) is 1.66. The maximum absolute atomic E-state index is 4.72. The van der Waals surface area contributed by atoms with E-state index in [2.05, 4.69) is 32.2 Å². The number of aliphatic imine (C=N–C) groups is 1. The second-order valence-corrected chi connectivity index (χ2v) is 5.13. The fraction of sp³-hybridized carbons (Fsp3) is 0.333. The van der Waals surface area contributed by atoms with Crippen molar-refractivity contribution in [3.8, 4) is 0 Å². The van der Waals surface area contributed by atoms with Crippen LogP contribution < -0.4 is 10.3 Å². The Morgan fingerprint density at radius 3 is 3.05 bits per heavy atom. The molecule has 2 heterocycles. The van der Waals surface area contributed by atoms with Crippen LogP contribution in [0.5, 0.6) is 0 Å². The van der Waals surface area contributed by atoms with E-state index in [0.717, 1.165) is 47.9 Å². The number of aromatic nitrogens is 4. The van der Waals surface area contributed by atoms with E-state index >= 15 is 0 Å². The monoisotopic (exact) mass is 283 g/mol. The molecule has 0 fully saturated rings. The van der Waals surface area contributed by atoms with Crippen LogP contribution in [-0.2, 0) is 12.8 Å². The third kappa shape index (κ3) is 2.44. The number of aromatic amines is 2. The second kappa shape index (κ2) is 5.47. The number of aryl methyl sites for hydroxylation is 2. The summed E-state index contributed by atoms with van der Waals surface area (Å²) in [6.07, 6.45) is 6.94. The van der Waals surface area contributed by atoms with Crippen molar-refractivity contribution in [3.63, 3.8) is 0 Å². The first kappa shape index (κ1) is 13.5. The predicted molar refractivity (Wildman–Crippen MR) is 83.1 cm³/mol. The molecule has 108 valence electrons. The van der Waals surface area contributed by atoms with Gasteiger partial charge in [0.25, 0.3) is 5.82 Å². The van der Waals surface area contributed by atoms with Gasteiger partial charge in [-0.15, -0.1) is 4.98 Å². The molecule has 3 N–H and O–H groups in total. The van der Waals surface area contributed by atoms with Gasteiger partial charge in [0.15, 0.2) is 0 Å². The number of nitrogens with zero attached hydrogens (tertiary/aromatic N) is 3. The van der Waals surface area contributed by atoms with E-state index in [1.165, 1.54) is 5.56 Å². The molecule has 0 bridgehead atoms. The Hall–Kier alpha value is -2.50. The van der Waals surface area contributed by atoms with E-state index in [9.17, 15) is 0 Å². The standard InChI is InChI=1S/C15H18N6/c1-9-10(8-18-21-9)7-13(16-2)15-19-12-6-4-5-11(12)14(17-3)20-15/h7-8H,2,4-6H2,1,3H3,(H,18,21)(H,17,19,20)/p+1/b13-7-. The highest BCUT2D eigenvalue weighted by molar-refractivity contribution is 5.79. The molecule has 0 radical (unpaired) electrons. The Morgan fingerprint density at radius 2 is 2.38 bits per heavy atom. The second-order valence-electron chi connectivity index (χ2n) is 5.13. The van der Waals surface area contributed by atoms with Crippen molar-refractivity contribution in [1.82, 2.24) is 15.2 Å². The quantitative estimate of drug-likeness (QED) is 0.837. The molecule has 0 amide bonds. The number of hydrogen-bond donors (Lipinski definition) is 2. The van der Waals surface area contributed by atoms with Crippen molar-refractivity contribution in [2.75, 3.05) is 12.4 Å². The van der Waals surface area contributed by atoms with Crippen LogP contribution in [0, 0.1) is 6.92 Å². The molecular weight excluding hydrogens is 264 g/mol. The summed E-state index contributed by atoms with van der Waals surface area (Å²) in [5.41, 5.74) is 5.12. The Labute approximate surface area is 123 Å². The number of fused-ring (bicyclic) bond motifs is 1. The van der Waals surface area contributed by atoms with Crippen LogP contribution >= 0.6 is 0 Å². The Balaban J connectivity index is 2.08. The van der Waals surface area contributed by atoms with E-state index < -0.39 is 0 Å². The van der Waals surface area contributed by atoms with Gasteiger partial charge >= 0.3 is 0 Å². The zero-order valence-electron chi connectivity index (χ0n) is 12.3. The fourth-order valence-electron chi connectivity index (χ4n) is 2.65. The molecular formula is C15H19N6+. The average Bonchev–Trinajstić information content (AvgIpc) is 3.12. The molecule has 0 aromatic carbocycles. The minimum atomic E-state index is 0.714. The van der Waals surface area contributed by atoms with Crippen LogP contribution in [0.15, 0.2) is 11.2 Å². The molecule has 0 aliphatic heterocycles. The maximum atomic E-state index is 4.72. The average molecular weight is 283 g/mol. The van der Waals surface area contributed by atoms with Gasteiger partial charge in [-0.1, -0.05) is 0 Å². The van der Waals surface area contributed by atoms with Gasteiger partial charge in [-0.05, 0) is 32.6 Å². The van der Waals surface area contributed by atoms with Gasteiger partial charge in [0.2, 0.25) is 5.82 Å². The highest BCUT2D eigenvalue weighted by Gasteiger charge is 2.24. The maximum Gasteiger partial charge on any atom is 0.286 e. The Bertz CT molecular complexity index is 713. The van der Waals surface area contributed by atoms with Crippen LogP contribution in [0.25, 0.3) is 11.8 Å². The molecule has 0 spiro atoms. The van der Waals surface area contributed by atoms with Crippen molar-refractivity contribution >= 4 is 24.3 Å². The molecule has 1 aliphatic carbocycles. The summed E-state index contributed by atoms with van der Waals surface area (Å²) in [6, 6.07) is 0. The van der Waals surface area contributed by atoms with E-state index in [1.807, 2.05) is 20.0 Å². The first-order valence-electron chi connectivity index (χ1n) is 7.04. The minimum absolute atomic E-state index is 0.714. The van der Waals surface area contributed by atoms with Crippen molar-refractivity contribution < 1.29 is 4.98 Å². The van der Waals surface area contributed by atoms with Crippen LogP contribution in [0.3, 0.4) is 0 Å². The highest BCUT2D eigenvalue weighted by atomic mass is 15.1. The summed E-state index contributed by atoms with van der Waals surface area (Å²) >= 11 is 0. The van der Waals surface area contributed by atoms with Crippen molar-refractivity contribution in [2.24, 2.45) is 4.99 Å². The highest BCUT2D eigenvalue weighted by Crippen LogP contribution is 2.26. The number of H-pyrrole nitrogens is 2. The van der Waals surface area contributed by atoms with Crippen LogP contribution in [0.1, 0.15) is 34.8 Å². The first-order chi connectivity index (χ1) is 10.2. The van der Waals surface area contributed by atoms with Gasteiger partial charge in [0.05, 0.1) is 11.8 Å². The smallest absolute Gasteiger partial charge is 0.286 e. The molecule has 2 aromatic heterocycles. The van der Waals surface area contributed by atoms with Gasteiger partial charge in [0.1, 0.15) is 11.4 Å². The summed E-state index contributed by atoms with van der Waals surface area (Å²) in [6.45, 7) is 5.64. The van der Waals surface area contributed by atoms with Gasteiger partial charge in [-0.3, -0.25) is 10.1 Å². The van der Waals surface area contributed by atoms with Crippen LogP contribution in [-0.4, -0.2) is 28.9 Å². The molecule has 6 nitrogen and oxygen atoms in total. The summed E-state index contributed by atoms with van der Waals surface area (Å²) in [5, 5.41) is 10.1. The van der Waals surface area contributed by atoms with E-state index in [1.54, 1.807) is 6.20 Å². The van der Waals surface area contributed by atoms with Crippen LogP contribution in [0.2, 0.25) is 0 Å². The number of nitrogens with one attached hydrogen (secondary N) is 3.